The van der Waals surface area contributed by atoms with Gasteiger partial charge in [-0.2, -0.15) is 0 Å². The molecule has 2 saturated heterocycles. The number of esters is 3. The third-order valence-electron chi connectivity index (χ3n) is 15.3. The van der Waals surface area contributed by atoms with E-state index in [-0.39, 0.29) is 18.6 Å². The van der Waals surface area contributed by atoms with Crippen molar-refractivity contribution in [1.82, 2.24) is 14.8 Å². The normalized spacial score (nSPS) is 34.9. The number of hydrogen-bond donors (Lipinski definition) is 4. The lowest BCUT2D eigenvalue weighted by molar-refractivity contribution is -0.228. The first-order chi connectivity index (χ1) is 29.3. The van der Waals surface area contributed by atoms with Crippen LogP contribution in [0.5, 0.6) is 5.75 Å². The number of aromatic amines is 1. The maximum Gasteiger partial charge on any atom is 0.344 e. The fourth-order valence-electron chi connectivity index (χ4n) is 13.3. The van der Waals surface area contributed by atoms with Crippen LogP contribution in [0.2, 0.25) is 0 Å². The number of fused-ring (bicyclic) bond motifs is 6. The number of ether oxygens (including phenoxy) is 4. The summed E-state index contributed by atoms with van der Waals surface area (Å²) in [5.41, 5.74) is -0.991. The van der Waals surface area contributed by atoms with Crippen molar-refractivity contribution >= 4 is 46.3 Å². The highest BCUT2D eigenvalue weighted by molar-refractivity contribution is 7.99. The molecule has 5 aliphatic heterocycles. The number of benzene rings is 2. The predicted octanol–water partition coefficient (Wildman–Crippen LogP) is 3.30. The van der Waals surface area contributed by atoms with Gasteiger partial charge in [-0.05, 0) is 80.0 Å². The Kier molecular flexibility index (Phi) is 10.6. The Morgan fingerprint density at radius 2 is 1.80 bits per heavy atom. The smallest absolute Gasteiger partial charge is 0.344 e. The minimum absolute atomic E-state index is 0.0451. The van der Waals surface area contributed by atoms with Crippen LogP contribution in [0.25, 0.3) is 10.9 Å². The van der Waals surface area contributed by atoms with E-state index in [1.54, 1.807) is 18.9 Å². The van der Waals surface area contributed by atoms with Gasteiger partial charge in [0.25, 0.3) is 0 Å². The van der Waals surface area contributed by atoms with Crippen molar-refractivity contribution in [2.45, 2.75) is 91.6 Å². The van der Waals surface area contributed by atoms with Crippen molar-refractivity contribution in [2.24, 2.45) is 11.3 Å². The zero-order chi connectivity index (χ0) is 43.2. The highest BCUT2D eigenvalue weighted by Crippen LogP contribution is 2.68. The minimum Gasteiger partial charge on any atom is -0.496 e. The second-order valence-electron chi connectivity index (χ2n) is 18.1. The van der Waals surface area contributed by atoms with Gasteiger partial charge >= 0.3 is 17.9 Å². The fraction of sp³-hybridized carbons (Fsp3) is 0.587. The first-order valence-corrected chi connectivity index (χ1v) is 22.5. The van der Waals surface area contributed by atoms with E-state index in [4.69, 9.17) is 18.9 Å². The molecule has 3 fully saturated rings. The zero-order valence-electron chi connectivity index (χ0n) is 35.9. The van der Waals surface area contributed by atoms with Crippen molar-refractivity contribution in [3.63, 3.8) is 0 Å². The molecule has 0 amide bonds. The van der Waals surface area contributed by atoms with Gasteiger partial charge in [-0.1, -0.05) is 19.1 Å². The summed E-state index contributed by atoms with van der Waals surface area (Å²) < 4.78 is 23.9. The van der Waals surface area contributed by atoms with Crippen LogP contribution in [-0.2, 0) is 45.8 Å². The largest absolute Gasteiger partial charge is 0.496 e. The van der Waals surface area contributed by atoms with E-state index < -0.39 is 58.0 Å². The van der Waals surface area contributed by atoms with Gasteiger partial charge in [-0.25, -0.2) is 4.79 Å². The topological polar surface area (TPSA) is 174 Å². The number of H-pyrrole nitrogens is 1. The van der Waals surface area contributed by atoms with E-state index in [9.17, 15) is 24.9 Å². The first-order valence-electron chi connectivity index (χ1n) is 21.5. The SMILES string of the molecule is CC[C@]12C=CCN3CC[C@@]4(c5cc([C@@]6(C(=O)OC)C[C@H]7C[C@H](O)CN(CCc8c6[nH]c6ccc(SCCO)cc86)C7)c(OC)cc5N(C)[C@H]4[C@@](O)(C(=O)OC)[C@@H]1OC(C)=O)[C@@H]32. The van der Waals surface area contributed by atoms with Crippen LogP contribution >= 0.6 is 11.8 Å². The number of piperidine rings is 1. The van der Waals surface area contributed by atoms with Crippen LogP contribution in [-0.4, -0.2) is 151 Å². The molecule has 0 radical (unpaired) electrons. The van der Waals surface area contributed by atoms with Crippen LogP contribution in [0.4, 0.5) is 5.69 Å². The molecule has 9 rings (SSSR count). The molecule has 6 heterocycles. The van der Waals surface area contributed by atoms with Gasteiger partial charge in [0.1, 0.15) is 11.2 Å². The molecule has 1 unspecified atom stereocenters. The number of aliphatic hydroxyl groups is 3. The van der Waals surface area contributed by atoms with Crippen LogP contribution in [0.1, 0.15) is 61.9 Å². The summed E-state index contributed by atoms with van der Waals surface area (Å²) in [6, 6.07) is 8.93. The molecule has 1 aliphatic carbocycles. The molecule has 1 saturated carbocycles. The molecular weight excluding hydrogens is 801 g/mol. The molecule has 61 heavy (non-hydrogen) atoms. The van der Waals surface area contributed by atoms with E-state index in [1.165, 1.54) is 21.1 Å². The number of aromatic nitrogens is 1. The lowest BCUT2D eigenvalue weighted by Gasteiger charge is -2.63. The average molecular weight is 859 g/mol. The molecule has 6 aliphatic rings. The van der Waals surface area contributed by atoms with Gasteiger partial charge in [0.15, 0.2) is 6.10 Å². The van der Waals surface area contributed by atoms with Gasteiger partial charge in [0, 0.05) is 102 Å². The number of nitrogens with one attached hydrogen (secondary N) is 1. The van der Waals surface area contributed by atoms with Crippen LogP contribution in [0.3, 0.4) is 0 Å². The highest BCUT2D eigenvalue weighted by Gasteiger charge is 2.80. The van der Waals surface area contributed by atoms with Gasteiger partial charge in [-0.15, -0.1) is 11.8 Å². The number of likely N-dealkylation sites (N-methyl/N-ethyl adjacent to an activating group) is 1. The third kappa shape index (κ3) is 5.83. The number of thioether (sulfide) groups is 1. The zero-order valence-corrected chi connectivity index (χ0v) is 36.7. The number of hydrogen-bond acceptors (Lipinski definition) is 14. The summed E-state index contributed by atoms with van der Waals surface area (Å²) in [4.78, 5) is 54.1. The Hall–Kier alpha value is -4.12. The van der Waals surface area contributed by atoms with E-state index >= 15 is 4.79 Å². The molecule has 2 bridgehead atoms. The van der Waals surface area contributed by atoms with E-state index in [0.29, 0.717) is 87.6 Å². The van der Waals surface area contributed by atoms with Crippen molar-refractivity contribution in [2.75, 3.05) is 78.4 Å². The summed E-state index contributed by atoms with van der Waals surface area (Å²) in [7, 11) is 6.10. The van der Waals surface area contributed by atoms with Crippen LogP contribution in [0.15, 0.2) is 47.4 Å². The number of methoxy groups -OCH3 is 3. The Labute approximate surface area is 360 Å². The molecule has 10 atom stereocenters. The second-order valence-corrected chi connectivity index (χ2v) is 19.2. The van der Waals surface area contributed by atoms with Crippen LogP contribution in [0, 0.1) is 11.3 Å². The standard InChI is InChI=1S/C46H58N4O10S/c1-7-43-12-8-14-50-16-13-44(38(43)50)32-21-33(36(57-4)22-35(32)48(3)39(44)46(56,42(55)59-6)40(43)60-26(2)52)45(41(54)58-5)23-27-19-28(53)25-49(24-27)15-11-30-31-20-29(61-18-17-51)9-10-34(31)47-37(30)45/h8-10,12,20-22,27-28,38-40,47,51,53,56H,7,11,13-19,23-25H2,1-6H3/t27-,28+,38+,39-,40-,43-,44-,45+,46+/m1/s1. The van der Waals surface area contributed by atoms with E-state index in [1.807, 2.05) is 49.2 Å². The number of anilines is 1. The number of carbonyl (C=O) groups excluding carboxylic acids is 3. The van der Waals surface area contributed by atoms with Gasteiger partial charge < -0.3 is 49.1 Å². The maximum atomic E-state index is 15.3. The summed E-state index contributed by atoms with van der Waals surface area (Å²) in [5.74, 6) is -1.10. The molecule has 1 spiro atoms. The third-order valence-corrected chi connectivity index (χ3v) is 16.2. The number of carbonyl (C=O) groups is 3. The molecule has 4 N–H and O–H groups in total. The lowest BCUT2D eigenvalue weighted by atomic mass is 9.47. The monoisotopic (exact) mass is 858 g/mol. The summed E-state index contributed by atoms with van der Waals surface area (Å²) in [5, 5.41) is 35.3. The second kappa shape index (κ2) is 15.3. The Bertz CT molecular complexity index is 2300. The average Bonchev–Trinajstić information content (AvgIpc) is 3.91. The molecule has 15 heteroatoms. The van der Waals surface area contributed by atoms with Crippen molar-refractivity contribution in [3.8, 4) is 5.75 Å². The summed E-state index contributed by atoms with van der Waals surface area (Å²) in [6.07, 6.45) is 4.63. The first kappa shape index (κ1) is 42.2. The number of nitrogens with zero attached hydrogens (tertiary/aromatic N) is 3. The van der Waals surface area contributed by atoms with Crippen molar-refractivity contribution in [1.29, 1.82) is 0 Å². The lowest BCUT2D eigenvalue weighted by Crippen LogP contribution is -2.81. The van der Waals surface area contributed by atoms with Crippen molar-refractivity contribution in [3.05, 3.63) is 64.9 Å². The molecule has 328 valence electrons. The van der Waals surface area contributed by atoms with Gasteiger partial charge in [-0.3, -0.25) is 14.5 Å². The van der Waals surface area contributed by atoms with Gasteiger partial charge in [0.05, 0.1) is 40.1 Å². The quantitative estimate of drug-likeness (QED) is 0.107. The Morgan fingerprint density at radius 1 is 1.02 bits per heavy atom. The van der Waals surface area contributed by atoms with E-state index in [0.717, 1.165) is 32.6 Å². The maximum absolute atomic E-state index is 15.3. The van der Waals surface area contributed by atoms with Gasteiger partial charge in [0.2, 0.25) is 5.60 Å². The summed E-state index contributed by atoms with van der Waals surface area (Å²) >= 11 is 1.57. The molecule has 1 aromatic heterocycles. The Morgan fingerprint density at radius 3 is 2.51 bits per heavy atom. The van der Waals surface area contributed by atoms with E-state index in [2.05, 4.69) is 26.9 Å². The molecule has 14 nitrogen and oxygen atoms in total. The number of aliphatic hydroxyl groups excluding tert-OH is 2. The summed E-state index contributed by atoms with van der Waals surface area (Å²) in [6.45, 7) is 6.53. The fourth-order valence-corrected chi connectivity index (χ4v) is 14.0. The minimum atomic E-state index is -2.32. The number of rotatable bonds is 9. The molecular formula is C46H58N4O10S. The Balaban J connectivity index is 1.35. The highest BCUT2D eigenvalue weighted by atomic mass is 32.2. The van der Waals surface area contributed by atoms with Crippen LogP contribution < -0.4 is 9.64 Å². The molecule has 3 aromatic rings. The predicted molar refractivity (Wildman–Crippen MR) is 229 cm³/mol. The molecule has 2 aromatic carbocycles. The van der Waals surface area contributed by atoms with Crippen molar-refractivity contribution < 1.29 is 48.7 Å².